The summed E-state index contributed by atoms with van der Waals surface area (Å²) in [6, 6.07) is 9.30. The normalized spacial score (nSPS) is 23.9. The predicted octanol–water partition coefficient (Wildman–Crippen LogP) is 1.14. The Labute approximate surface area is 116 Å². The van der Waals surface area contributed by atoms with Crippen molar-refractivity contribution in [3.05, 3.63) is 35.9 Å². The quantitative estimate of drug-likeness (QED) is 0.725. The van der Waals surface area contributed by atoms with Gasteiger partial charge in [-0.05, 0) is 18.4 Å². The minimum atomic E-state index is -1.60. The number of nitrogens with one attached hydrogen (secondary N) is 1. The lowest BCUT2D eigenvalue weighted by atomic mass is 10.2. The maximum atomic E-state index is 11.4. The summed E-state index contributed by atoms with van der Waals surface area (Å²) in [4.78, 5) is 22.1. The van der Waals surface area contributed by atoms with Crippen LogP contribution >= 0.6 is 0 Å². The molecule has 1 aromatic rings. The standard InChI is InChI=1S/C14H17NO5/c16-12(17)14(19)8-11(14)6-7-15-13(18)20-9-10-4-2-1-3-5-10/h1-5,11,19H,6-9H2,(H,15,18)(H,16,17). The van der Waals surface area contributed by atoms with Crippen LogP contribution in [0.25, 0.3) is 0 Å². The summed E-state index contributed by atoms with van der Waals surface area (Å²) in [5.41, 5.74) is -0.708. The Morgan fingerprint density at radius 1 is 1.35 bits per heavy atom. The van der Waals surface area contributed by atoms with Crippen LogP contribution in [-0.4, -0.2) is 34.4 Å². The maximum Gasteiger partial charge on any atom is 0.407 e. The lowest BCUT2D eigenvalue weighted by Gasteiger charge is -2.07. The molecule has 1 saturated carbocycles. The molecule has 1 aromatic carbocycles. The molecule has 0 bridgehead atoms. The molecule has 108 valence electrons. The average molecular weight is 279 g/mol. The number of carboxylic acids is 1. The van der Waals surface area contributed by atoms with E-state index >= 15 is 0 Å². The highest BCUT2D eigenvalue weighted by atomic mass is 16.5. The van der Waals surface area contributed by atoms with Crippen LogP contribution in [0.4, 0.5) is 4.79 Å². The zero-order chi connectivity index (χ0) is 14.6. The third kappa shape index (κ3) is 3.48. The van der Waals surface area contributed by atoms with Gasteiger partial charge in [0.25, 0.3) is 0 Å². The fourth-order valence-corrected chi connectivity index (χ4v) is 2.04. The smallest absolute Gasteiger partial charge is 0.407 e. The van der Waals surface area contributed by atoms with Crippen LogP contribution < -0.4 is 5.32 Å². The van der Waals surface area contributed by atoms with Crippen LogP contribution in [-0.2, 0) is 16.1 Å². The minimum Gasteiger partial charge on any atom is -0.479 e. The number of aliphatic hydroxyl groups is 1. The molecular weight excluding hydrogens is 262 g/mol. The molecule has 2 atom stereocenters. The van der Waals surface area contributed by atoms with Crippen LogP contribution in [0.3, 0.4) is 0 Å². The van der Waals surface area contributed by atoms with Crippen molar-refractivity contribution in [3.8, 4) is 0 Å². The number of carboxylic acid groups (broad SMARTS) is 1. The molecule has 6 heteroatoms. The van der Waals surface area contributed by atoms with E-state index in [-0.39, 0.29) is 25.5 Å². The summed E-state index contributed by atoms with van der Waals surface area (Å²) >= 11 is 0. The molecular formula is C14H17NO5. The summed E-state index contributed by atoms with van der Waals surface area (Å²) in [5, 5.41) is 20.8. The fraction of sp³-hybridized carbons (Fsp3) is 0.429. The SMILES string of the molecule is O=C(NCCC1CC1(O)C(=O)O)OCc1ccccc1. The van der Waals surface area contributed by atoms with Gasteiger partial charge in [0.15, 0.2) is 5.60 Å². The highest BCUT2D eigenvalue weighted by molar-refractivity contribution is 5.81. The van der Waals surface area contributed by atoms with Crippen molar-refractivity contribution < 1.29 is 24.5 Å². The number of alkyl carbamates (subject to hydrolysis) is 1. The average Bonchev–Trinajstić information content (AvgIpc) is 3.10. The van der Waals surface area contributed by atoms with E-state index in [1.807, 2.05) is 30.3 Å². The molecule has 0 saturated heterocycles. The number of carbonyl (C=O) groups is 2. The van der Waals surface area contributed by atoms with E-state index in [9.17, 15) is 14.7 Å². The van der Waals surface area contributed by atoms with E-state index in [1.165, 1.54) is 0 Å². The van der Waals surface area contributed by atoms with E-state index in [0.717, 1.165) is 5.56 Å². The summed E-state index contributed by atoms with van der Waals surface area (Å²) in [6.07, 6.45) is 0.111. The van der Waals surface area contributed by atoms with E-state index in [2.05, 4.69) is 5.32 Å². The van der Waals surface area contributed by atoms with Gasteiger partial charge in [-0.25, -0.2) is 9.59 Å². The van der Waals surface area contributed by atoms with E-state index in [4.69, 9.17) is 9.84 Å². The zero-order valence-electron chi connectivity index (χ0n) is 10.9. The Kier molecular flexibility index (Phi) is 4.24. The molecule has 1 amide bonds. The fourth-order valence-electron chi connectivity index (χ4n) is 2.04. The number of aliphatic carboxylic acids is 1. The lowest BCUT2D eigenvalue weighted by Crippen LogP contribution is -2.28. The molecule has 2 unspecified atom stereocenters. The number of carbonyl (C=O) groups excluding carboxylic acids is 1. The Bertz CT molecular complexity index is 490. The second-order valence-electron chi connectivity index (χ2n) is 4.91. The van der Waals surface area contributed by atoms with Gasteiger partial charge in [0.2, 0.25) is 0 Å². The van der Waals surface area contributed by atoms with Gasteiger partial charge in [0.1, 0.15) is 6.61 Å². The van der Waals surface area contributed by atoms with Crippen molar-refractivity contribution in [2.45, 2.75) is 25.0 Å². The molecule has 20 heavy (non-hydrogen) atoms. The Morgan fingerprint density at radius 3 is 2.65 bits per heavy atom. The molecule has 0 spiro atoms. The van der Waals surface area contributed by atoms with Crippen molar-refractivity contribution in [1.29, 1.82) is 0 Å². The van der Waals surface area contributed by atoms with Crippen LogP contribution in [0.15, 0.2) is 30.3 Å². The molecule has 0 aromatic heterocycles. The first kappa shape index (κ1) is 14.3. The first-order valence-electron chi connectivity index (χ1n) is 6.42. The van der Waals surface area contributed by atoms with Gasteiger partial charge in [-0.15, -0.1) is 0 Å². The molecule has 0 radical (unpaired) electrons. The zero-order valence-corrected chi connectivity index (χ0v) is 10.9. The van der Waals surface area contributed by atoms with Gasteiger partial charge in [0.05, 0.1) is 0 Å². The molecule has 3 N–H and O–H groups in total. The largest absolute Gasteiger partial charge is 0.479 e. The van der Waals surface area contributed by atoms with Gasteiger partial charge in [-0.1, -0.05) is 30.3 Å². The number of rotatable bonds is 6. The van der Waals surface area contributed by atoms with Gasteiger partial charge < -0.3 is 20.3 Å². The highest BCUT2D eigenvalue weighted by Gasteiger charge is 2.58. The Morgan fingerprint density at radius 2 is 2.05 bits per heavy atom. The highest BCUT2D eigenvalue weighted by Crippen LogP contribution is 2.45. The number of benzene rings is 1. The molecule has 2 rings (SSSR count). The lowest BCUT2D eigenvalue weighted by molar-refractivity contribution is -0.150. The first-order valence-corrected chi connectivity index (χ1v) is 6.42. The van der Waals surface area contributed by atoms with Crippen LogP contribution in [0.1, 0.15) is 18.4 Å². The minimum absolute atomic E-state index is 0.190. The number of amides is 1. The van der Waals surface area contributed by atoms with Crippen molar-refractivity contribution in [2.24, 2.45) is 5.92 Å². The third-order valence-electron chi connectivity index (χ3n) is 3.42. The van der Waals surface area contributed by atoms with Gasteiger partial charge in [-0.3, -0.25) is 0 Å². The number of hydrogen-bond donors (Lipinski definition) is 3. The van der Waals surface area contributed by atoms with Crippen LogP contribution in [0.2, 0.25) is 0 Å². The molecule has 0 heterocycles. The molecule has 1 fully saturated rings. The van der Waals surface area contributed by atoms with E-state index < -0.39 is 17.7 Å². The summed E-state index contributed by atoms with van der Waals surface area (Å²) < 4.78 is 5.00. The van der Waals surface area contributed by atoms with Crippen molar-refractivity contribution in [3.63, 3.8) is 0 Å². The van der Waals surface area contributed by atoms with Gasteiger partial charge in [0, 0.05) is 12.5 Å². The second kappa shape index (κ2) is 5.92. The van der Waals surface area contributed by atoms with Gasteiger partial charge >= 0.3 is 12.1 Å². The molecule has 0 aliphatic heterocycles. The monoisotopic (exact) mass is 279 g/mol. The van der Waals surface area contributed by atoms with Crippen molar-refractivity contribution >= 4 is 12.1 Å². The van der Waals surface area contributed by atoms with Crippen molar-refractivity contribution in [1.82, 2.24) is 5.32 Å². The van der Waals surface area contributed by atoms with E-state index in [0.29, 0.717) is 6.42 Å². The number of ether oxygens (including phenoxy) is 1. The summed E-state index contributed by atoms with van der Waals surface area (Å²) in [7, 11) is 0. The second-order valence-corrected chi connectivity index (χ2v) is 4.91. The van der Waals surface area contributed by atoms with Crippen LogP contribution in [0.5, 0.6) is 0 Å². The summed E-state index contributed by atoms with van der Waals surface area (Å²) in [6.45, 7) is 0.475. The Hall–Kier alpha value is -2.08. The Balaban J connectivity index is 1.61. The first-order chi connectivity index (χ1) is 9.52. The summed E-state index contributed by atoms with van der Waals surface area (Å²) in [5.74, 6) is -1.50. The number of hydrogen-bond acceptors (Lipinski definition) is 4. The molecule has 1 aliphatic carbocycles. The predicted molar refractivity (Wildman–Crippen MR) is 69.9 cm³/mol. The third-order valence-corrected chi connectivity index (χ3v) is 3.42. The van der Waals surface area contributed by atoms with Crippen molar-refractivity contribution in [2.75, 3.05) is 6.54 Å². The molecule has 1 aliphatic rings. The van der Waals surface area contributed by atoms with Crippen LogP contribution in [0, 0.1) is 5.92 Å². The topological polar surface area (TPSA) is 95.9 Å². The van der Waals surface area contributed by atoms with E-state index in [1.54, 1.807) is 0 Å². The van der Waals surface area contributed by atoms with Gasteiger partial charge in [-0.2, -0.15) is 0 Å². The maximum absolute atomic E-state index is 11.4. The molecule has 6 nitrogen and oxygen atoms in total.